The molecule has 0 saturated carbocycles. The maximum atomic E-state index is 5.67. The molecule has 4 heteroatoms. The summed E-state index contributed by atoms with van der Waals surface area (Å²) in [6.07, 6.45) is 0. The highest BCUT2D eigenvalue weighted by Crippen LogP contribution is 2.52. The molecule has 15 rings (SSSR count). The van der Waals surface area contributed by atoms with Gasteiger partial charge in [-0.25, -0.2) is 15.0 Å². The lowest BCUT2D eigenvalue weighted by Gasteiger charge is -2.18. The summed E-state index contributed by atoms with van der Waals surface area (Å²) < 4.78 is 2.25. The molecule has 0 aliphatic heterocycles. The largest absolute Gasteiger partial charge is 0.292 e. The van der Waals surface area contributed by atoms with Gasteiger partial charge in [0.05, 0.1) is 22.2 Å². The van der Waals surface area contributed by atoms with Crippen LogP contribution in [0.25, 0.3) is 150 Å². The molecule has 0 bridgehead atoms. The second-order valence-electron chi connectivity index (χ2n) is 18.7. The highest BCUT2D eigenvalue weighted by molar-refractivity contribution is 6.22. The summed E-state index contributed by atoms with van der Waals surface area (Å²) in [7, 11) is 0. The van der Waals surface area contributed by atoms with Crippen molar-refractivity contribution in [1.82, 2.24) is 19.5 Å². The zero-order chi connectivity index (χ0) is 46.0. The van der Waals surface area contributed by atoms with Crippen LogP contribution in [0.15, 0.2) is 224 Å². The number of hydrogen-bond acceptors (Lipinski definition) is 3. The van der Waals surface area contributed by atoms with E-state index in [1.807, 2.05) is 12.1 Å². The minimum absolute atomic E-state index is 0.670. The third-order valence-corrected chi connectivity index (χ3v) is 14.8. The van der Waals surface area contributed by atoms with Crippen molar-refractivity contribution in [3.63, 3.8) is 0 Å². The Balaban J connectivity index is 0.993. The minimum atomic E-state index is 0.670. The molecule has 4 nitrogen and oxygen atoms in total. The van der Waals surface area contributed by atoms with Gasteiger partial charge in [0.2, 0.25) is 0 Å². The normalized spacial score (nSPS) is 12.1. The molecular weight excluding hydrogens is 849 g/mol. The number of nitrogens with zero attached hydrogens (tertiary/aromatic N) is 4. The van der Waals surface area contributed by atoms with Gasteiger partial charge in [0.25, 0.3) is 0 Å². The standard InChI is InChI=1S/C66H40N4/c1-39-25-27-40(28-26-39)63-58-38-43(45-33-35-55-48-17-7-5-15-46(48)52-20-11-19-51(45)61(52)55)37-57(50-34-36-56-49-18-8-6-16-47(49)53-21-12-22-54(50)62(53)56)64(58)69-65(68-63)41-29-31-44(32-30-41)70-60-24-10-9-23-59(60)67-66(70)42-13-3-2-4-14-42/h2-38H,1H3. The first-order valence-electron chi connectivity index (χ1n) is 24.0. The molecular formula is C66H40N4. The van der Waals surface area contributed by atoms with E-state index in [4.69, 9.17) is 15.0 Å². The van der Waals surface area contributed by atoms with Crippen LogP contribution in [0.1, 0.15) is 5.56 Å². The fraction of sp³-hybridized carbons (Fsp3) is 0.0152. The van der Waals surface area contributed by atoms with Crippen molar-refractivity contribution in [2.24, 2.45) is 0 Å². The number of aromatic nitrogens is 4. The van der Waals surface area contributed by atoms with E-state index in [9.17, 15) is 0 Å². The maximum absolute atomic E-state index is 5.67. The topological polar surface area (TPSA) is 43.6 Å². The highest BCUT2D eigenvalue weighted by Gasteiger charge is 2.27. The van der Waals surface area contributed by atoms with Gasteiger partial charge in [-0.15, -0.1) is 0 Å². The smallest absolute Gasteiger partial charge is 0.160 e. The number of benzene rings is 11. The average molecular weight is 889 g/mol. The molecule has 70 heavy (non-hydrogen) atoms. The summed E-state index contributed by atoms with van der Waals surface area (Å²) in [5.74, 6) is 1.57. The zero-order valence-electron chi connectivity index (χ0n) is 38.2. The molecule has 0 N–H and O–H groups in total. The maximum Gasteiger partial charge on any atom is 0.160 e. The van der Waals surface area contributed by atoms with Crippen molar-refractivity contribution in [2.75, 3.05) is 0 Å². The Morgan fingerprint density at radius 1 is 0.329 bits per heavy atom. The number of imidazole rings is 1. The van der Waals surface area contributed by atoms with Crippen LogP contribution in [-0.4, -0.2) is 19.5 Å². The molecule has 2 aliphatic rings. The molecule has 2 aliphatic carbocycles. The quantitative estimate of drug-likeness (QED) is 0.167. The van der Waals surface area contributed by atoms with Crippen LogP contribution < -0.4 is 0 Å². The van der Waals surface area contributed by atoms with Gasteiger partial charge in [0.15, 0.2) is 5.82 Å². The molecule has 0 amide bonds. The molecule has 0 fully saturated rings. The second kappa shape index (κ2) is 14.9. The first-order valence-corrected chi connectivity index (χ1v) is 24.0. The summed E-state index contributed by atoms with van der Waals surface area (Å²) in [6.45, 7) is 2.14. The fourth-order valence-electron chi connectivity index (χ4n) is 11.6. The minimum Gasteiger partial charge on any atom is -0.292 e. The van der Waals surface area contributed by atoms with Crippen molar-refractivity contribution in [3.05, 3.63) is 230 Å². The van der Waals surface area contributed by atoms with Crippen LogP contribution in [0.5, 0.6) is 0 Å². The van der Waals surface area contributed by atoms with Crippen LogP contribution in [0.3, 0.4) is 0 Å². The monoisotopic (exact) mass is 888 g/mol. The van der Waals surface area contributed by atoms with Crippen molar-refractivity contribution >= 4 is 43.5 Å². The lowest BCUT2D eigenvalue weighted by molar-refractivity contribution is 1.10. The first-order chi connectivity index (χ1) is 34.6. The Hall–Kier alpha value is -9.25. The molecule has 0 spiro atoms. The SMILES string of the molecule is Cc1ccc(-c2nc(-c3ccc(-n4c(-c5ccccc5)nc5ccccc54)cc3)nc3c(-c4ccc5c6c(cccc46)-c4ccccc4-5)cc(-c4ccc5c6c(cccc46)-c4ccccc4-5)cc23)cc1. The second-order valence-corrected chi connectivity index (χ2v) is 18.7. The molecule has 2 aromatic heterocycles. The van der Waals surface area contributed by atoms with Gasteiger partial charge >= 0.3 is 0 Å². The zero-order valence-corrected chi connectivity index (χ0v) is 38.2. The number of fused-ring (bicyclic) bond motifs is 8. The summed E-state index contributed by atoms with van der Waals surface area (Å²) >= 11 is 0. The van der Waals surface area contributed by atoms with Gasteiger partial charge in [-0.1, -0.05) is 181 Å². The van der Waals surface area contributed by atoms with E-state index in [1.54, 1.807) is 0 Å². The van der Waals surface area contributed by atoms with Crippen molar-refractivity contribution in [2.45, 2.75) is 6.92 Å². The summed E-state index contributed by atoms with van der Waals surface area (Å²) in [4.78, 5) is 16.4. The molecule has 0 radical (unpaired) electrons. The van der Waals surface area contributed by atoms with Gasteiger partial charge in [0.1, 0.15) is 5.82 Å². The highest BCUT2D eigenvalue weighted by atomic mass is 15.1. The number of para-hydroxylation sites is 2. The van der Waals surface area contributed by atoms with Gasteiger partial charge in [-0.3, -0.25) is 4.57 Å². The van der Waals surface area contributed by atoms with Crippen LogP contribution in [0.4, 0.5) is 0 Å². The van der Waals surface area contributed by atoms with Crippen molar-refractivity contribution in [3.8, 4) is 106 Å². The van der Waals surface area contributed by atoms with E-state index in [1.165, 1.54) is 77.2 Å². The van der Waals surface area contributed by atoms with E-state index >= 15 is 0 Å². The Bertz CT molecular complexity index is 4280. The average Bonchev–Trinajstić information content (AvgIpc) is 4.09. The molecule has 324 valence electrons. The molecule has 0 atom stereocenters. The van der Waals surface area contributed by atoms with E-state index in [0.717, 1.165) is 72.5 Å². The van der Waals surface area contributed by atoms with E-state index < -0.39 is 0 Å². The molecule has 0 unspecified atom stereocenters. The molecule has 2 heterocycles. The Labute approximate surface area is 404 Å². The molecule has 11 aromatic carbocycles. The Kier molecular flexibility index (Phi) is 8.25. The predicted octanol–water partition coefficient (Wildman–Crippen LogP) is 17.2. The lowest BCUT2D eigenvalue weighted by atomic mass is 9.88. The van der Waals surface area contributed by atoms with Gasteiger partial charge in [-0.05, 0) is 138 Å². The molecule has 13 aromatic rings. The molecule has 0 saturated heterocycles. The van der Waals surface area contributed by atoms with Crippen molar-refractivity contribution in [1.29, 1.82) is 0 Å². The van der Waals surface area contributed by atoms with E-state index in [2.05, 4.69) is 224 Å². The third-order valence-electron chi connectivity index (χ3n) is 14.8. The number of hydrogen-bond donors (Lipinski definition) is 0. The van der Waals surface area contributed by atoms with Crippen LogP contribution in [0, 0.1) is 6.92 Å². The fourth-order valence-corrected chi connectivity index (χ4v) is 11.6. The summed E-state index contributed by atoms with van der Waals surface area (Å²) in [6, 6.07) is 81.4. The summed E-state index contributed by atoms with van der Waals surface area (Å²) in [5, 5.41) is 6.05. The van der Waals surface area contributed by atoms with E-state index in [-0.39, 0.29) is 0 Å². The Morgan fingerprint density at radius 2 is 0.871 bits per heavy atom. The van der Waals surface area contributed by atoms with Gasteiger partial charge in [0, 0.05) is 33.3 Å². The lowest BCUT2D eigenvalue weighted by Crippen LogP contribution is -2.00. The van der Waals surface area contributed by atoms with Crippen LogP contribution in [0.2, 0.25) is 0 Å². The Morgan fingerprint density at radius 3 is 1.54 bits per heavy atom. The number of aryl methyl sites for hydroxylation is 1. The van der Waals surface area contributed by atoms with Gasteiger partial charge in [-0.2, -0.15) is 0 Å². The predicted molar refractivity (Wildman–Crippen MR) is 290 cm³/mol. The first kappa shape index (κ1) is 38.8. The summed E-state index contributed by atoms with van der Waals surface area (Å²) in [5.41, 5.74) is 23.9. The van der Waals surface area contributed by atoms with E-state index in [0.29, 0.717) is 5.82 Å². The number of rotatable bonds is 6. The third kappa shape index (κ3) is 5.68. The van der Waals surface area contributed by atoms with Crippen molar-refractivity contribution < 1.29 is 0 Å². The van der Waals surface area contributed by atoms with Gasteiger partial charge < -0.3 is 0 Å². The van der Waals surface area contributed by atoms with Crippen LogP contribution >= 0.6 is 0 Å². The van der Waals surface area contributed by atoms with Crippen LogP contribution in [-0.2, 0) is 0 Å².